The summed E-state index contributed by atoms with van der Waals surface area (Å²) >= 11 is 1.94. The van der Waals surface area contributed by atoms with Crippen molar-refractivity contribution in [3.63, 3.8) is 0 Å². The van der Waals surface area contributed by atoms with E-state index >= 15 is 0 Å². The lowest BCUT2D eigenvalue weighted by Gasteiger charge is -2.11. The van der Waals surface area contributed by atoms with Crippen LogP contribution in [0.3, 0.4) is 0 Å². The SMILES string of the molecule is C=Cc1ccc(-c2ccc3cc(-c4cccc5c4sc4c5ccc5c6ccccc6c6ccccc6c54)ccc3c2)cc1/C=C\C. The summed E-state index contributed by atoms with van der Waals surface area (Å²) in [6, 6.07) is 49.5. The van der Waals surface area contributed by atoms with Crippen LogP contribution in [0.25, 0.3) is 97.7 Å². The molecule has 0 atom stereocenters. The molecule has 0 aliphatic rings. The highest BCUT2D eigenvalue weighted by Crippen LogP contribution is 2.46. The fourth-order valence-corrected chi connectivity index (χ4v) is 8.72. The Bertz CT molecular complexity index is 2680. The van der Waals surface area contributed by atoms with E-state index in [1.807, 2.05) is 17.4 Å². The standard InChI is InChI=1S/C45H30S/c1-3-10-29-25-30(18-17-28(29)4-2)31-19-20-33-27-34(22-21-32(33)26-31)35-15-9-16-41-42-24-23-40-38-13-6-5-11-36(38)37-12-7-8-14-39(37)43(40)45(42)46-44(35)41/h3-27H,2H2,1H3/b10-3-. The van der Waals surface area contributed by atoms with E-state index in [1.54, 1.807) is 0 Å². The zero-order chi connectivity index (χ0) is 30.8. The van der Waals surface area contributed by atoms with Crippen LogP contribution < -0.4 is 0 Å². The van der Waals surface area contributed by atoms with Crippen molar-refractivity contribution in [2.75, 3.05) is 0 Å². The Kier molecular flexibility index (Phi) is 6.16. The van der Waals surface area contributed by atoms with Crippen molar-refractivity contribution in [2.45, 2.75) is 6.92 Å². The molecular formula is C45H30S. The van der Waals surface area contributed by atoms with E-state index in [-0.39, 0.29) is 0 Å². The third-order valence-corrected chi connectivity index (χ3v) is 10.8. The molecule has 0 nitrogen and oxygen atoms in total. The molecule has 0 aliphatic carbocycles. The van der Waals surface area contributed by atoms with Gasteiger partial charge in [-0.2, -0.15) is 0 Å². The van der Waals surface area contributed by atoms with Crippen LogP contribution in [0.1, 0.15) is 18.1 Å². The lowest BCUT2D eigenvalue weighted by molar-refractivity contribution is 1.58. The minimum Gasteiger partial charge on any atom is -0.134 e. The molecule has 0 fully saturated rings. The smallest absolute Gasteiger partial charge is 0.0440 e. The molecule has 1 heterocycles. The Hall–Kier alpha value is -5.50. The maximum atomic E-state index is 3.98. The van der Waals surface area contributed by atoms with Gasteiger partial charge < -0.3 is 0 Å². The summed E-state index contributed by atoms with van der Waals surface area (Å²) < 4.78 is 2.71. The molecule has 0 spiro atoms. The van der Waals surface area contributed by atoms with E-state index in [1.165, 1.54) is 91.1 Å². The summed E-state index contributed by atoms with van der Waals surface area (Å²) in [5.74, 6) is 0. The summed E-state index contributed by atoms with van der Waals surface area (Å²) in [6.45, 7) is 6.04. The first-order valence-corrected chi connectivity index (χ1v) is 16.6. The van der Waals surface area contributed by atoms with Gasteiger partial charge in [0.15, 0.2) is 0 Å². The highest BCUT2D eigenvalue weighted by Gasteiger charge is 2.16. The first-order chi connectivity index (χ1) is 22.7. The number of hydrogen-bond acceptors (Lipinski definition) is 1. The molecule has 9 aromatic rings. The molecule has 0 saturated heterocycles. The Labute approximate surface area is 272 Å². The zero-order valence-electron chi connectivity index (χ0n) is 25.5. The fraction of sp³-hybridized carbons (Fsp3) is 0.0222. The second kappa shape index (κ2) is 10.5. The average molecular weight is 603 g/mol. The van der Waals surface area contributed by atoms with Crippen LogP contribution in [-0.2, 0) is 0 Å². The lowest BCUT2D eigenvalue weighted by Crippen LogP contribution is -1.85. The van der Waals surface area contributed by atoms with Gasteiger partial charge >= 0.3 is 0 Å². The number of benzene rings is 8. The van der Waals surface area contributed by atoms with Gasteiger partial charge in [0, 0.05) is 25.6 Å². The maximum absolute atomic E-state index is 3.98. The number of hydrogen-bond donors (Lipinski definition) is 0. The molecule has 0 amide bonds. The molecule has 9 rings (SSSR count). The molecule has 46 heavy (non-hydrogen) atoms. The van der Waals surface area contributed by atoms with Gasteiger partial charge in [0.1, 0.15) is 0 Å². The summed E-state index contributed by atoms with van der Waals surface area (Å²) in [7, 11) is 0. The van der Waals surface area contributed by atoms with Crippen LogP contribution in [0.2, 0.25) is 0 Å². The number of allylic oxidation sites excluding steroid dienone is 1. The van der Waals surface area contributed by atoms with Gasteiger partial charge in [-0.3, -0.25) is 0 Å². The molecule has 0 N–H and O–H groups in total. The maximum Gasteiger partial charge on any atom is 0.0440 e. The average Bonchev–Trinajstić information content (AvgIpc) is 3.50. The van der Waals surface area contributed by atoms with E-state index in [0.29, 0.717) is 0 Å². The molecule has 8 aromatic carbocycles. The van der Waals surface area contributed by atoms with E-state index in [9.17, 15) is 0 Å². The van der Waals surface area contributed by atoms with Crippen molar-refractivity contribution in [3.05, 3.63) is 157 Å². The highest BCUT2D eigenvalue weighted by atomic mass is 32.1. The number of rotatable bonds is 4. The molecule has 0 radical (unpaired) electrons. The summed E-state index contributed by atoms with van der Waals surface area (Å²) in [5, 5.41) is 13.1. The van der Waals surface area contributed by atoms with Crippen LogP contribution in [0.15, 0.2) is 146 Å². The quantitative estimate of drug-likeness (QED) is 0.176. The van der Waals surface area contributed by atoms with Crippen LogP contribution >= 0.6 is 11.3 Å². The summed E-state index contributed by atoms with van der Waals surface area (Å²) in [4.78, 5) is 0. The van der Waals surface area contributed by atoms with Gasteiger partial charge in [-0.25, -0.2) is 0 Å². The number of thiophene rings is 1. The Morgan fingerprint density at radius 3 is 1.78 bits per heavy atom. The van der Waals surface area contributed by atoms with Gasteiger partial charge in [0.05, 0.1) is 0 Å². The molecule has 216 valence electrons. The van der Waals surface area contributed by atoms with Gasteiger partial charge in [-0.15, -0.1) is 11.3 Å². The summed E-state index contributed by atoms with van der Waals surface area (Å²) in [6.07, 6.45) is 6.15. The predicted octanol–water partition coefficient (Wildman–Crippen LogP) is 13.7. The minimum atomic E-state index is 1.15. The normalized spacial score (nSPS) is 12.0. The van der Waals surface area contributed by atoms with Gasteiger partial charge in [-0.1, -0.05) is 140 Å². The van der Waals surface area contributed by atoms with Crippen molar-refractivity contribution >= 4 is 86.8 Å². The van der Waals surface area contributed by atoms with E-state index in [0.717, 1.165) is 5.56 Å². The highest BCUT2D eigenvalue weighted by molar-refractivity contribution is 7.27. The topological polar surface area (TPSA) is 0 Å². The van der Waals surface area contributed by atoms with Gasteiger partial charge in [0.2, 0.25) is 0 Å². The monoisotopic (exact) mass is 602 g/mol. The third-order valence-electron chi connectivity index (χ3n) is 9.51. The van der Waals surface area contributed by atoms with Gasteiger partial charge in [0.25, 0.3) is 0 Å². The predicted molar refractivity (Wildman–Crippen MR) is 205 cm³/mol. The van der Waals surface area contributed by atoms with E-state index in [4.69, 9.17) is 0 Å². The Morgan fingerprint density at radius 1 is 0.478 bits per heavy atom. The first kappa shape index (κ1) is 26.9. The summed E-state index contributed by atoms with van der Waals surface area (Å²) in [5.41, 5.74) is 7.32. The van der Waals surface area contributed by atoms with Crippen LogP contribution in [-0.4, -0.2) is 0 Å². The van der Waals surface area contributed by atoms with E-state index in [2.05, 4.69) is 159 Å². The molecule has 1 aromatic heterocycles. The van der Waals surface area contributed by atoms with Crippen molar-refractivity contribution in [1.29, 1.82) is 0 Å². The van der Waals surface area contributed by atoms with Crippen LogP contribution in [0, 0.1) is 0 Å². The molecule has 0 unspecified atom stereocenters. The first-order valence-electron chi connectivity index (χ1n) is 15.8. The van der Waals surface area contributed by atoms with Crippen molar-refractivity contribution in [2.24, 2.45) is 0 Å². The van der Waals surface area contributed by atoms with E-state index < -0.39 is 0 Å². The molecular weight excluding hydrogens is 573 g/mol. The van der Waals surface area contributed by atoms with Gasteiger partial charge in [-0.05, 0) is 96.2 Å². The van der Waals surface area contributed by atoms with Crippen molar-refractivity contribution in [3.8, 4) is 22.3 Å². The molecule has 0 aliphatic heterocycles. The zero-order valence-corrected chi connectivity index (χ0v) is 26.4. The van der Waals surface area contributed by atoms with Crippen molar-refractivity contribution < 1.29 is 0 Å². The van der Waals surface area contributed by atoms with Crippen molar-refractivity contribution in [1.82, 2.24) is 0 Å². The Morgan fingerprint density at radius 2 is 1.04 bits per heavy atom. The Balaban J connectivity index is 1.22. The van der Waals surface area contributed by atoms with Crippen LogP contribution in [0.5, 0.6) is 0 Å². The molecule has 0 bridgehead atoms. The fourth-order valence-electron chi connectivity index (χ4n) is 7.33. The molecule has 0 saturated carbocycles. The third kappa shape index (κ3) is 4.06. The lowest BCUT2D eigenvalue weighted by atomic mass is 9.93. The largest absolute Gasteiger partial charge is 0.134 e. The molecule has 1 heteroatoms. The minimum absolute atomic E-state index is 1.15. The van der Waals surface area contributed by atoms with Crippen LogP contribution in [0.4, 0.5) is 0 Å². The second-order valence-electron chi connectivity index (χ2n) is 12.1. The second-order valence-corrected chi connectivity index (χ2v) is 13.1. The number of fused-ring (bicyclic) bond motifs is 11.